The fourth-order valence-electron chi connectivity index (χ4n) is 1.85. The predicted molar refractivity (Wildman–Crippen MR) is 46.7 cm³/mol. The third-order valence-corrected chi connectivity index (χ3v) is 2.41. The van der Waals surface area contributed by atoms with E-state index < -0.39 is 0 Å². The van der Waals surface area contributed by atoms with Crippen LogP contribution in [0.5, 0.6) is 11.5 Å². The molecule has 0 atom stereocenters. The van der Waals surface area contributed by atoms with Crippen molar-refractivity contribution in [2.75, 3.05) is 7.11 Å². The number of fused-ring (bicyclic) bond motifs is 1. The van der Waals surface area contributed by atoms with Crippen molar-refractivity contribution < 1.29 is 9.84 Å². The van der Waals surface area contributed by atoms with E-state index in [2.05, 4.69) is 0 Å². The summed E-state index contributed by atoms with van der Waals surface area (Å²) in [6.07, 6.45) is 3.33. The number of methoxy groups -OCH3 is 1. The van der Waals surface area contributed by atoms with Gasteiger partial charge in [-0.2, -0.15) is 0 Å². The van der Waals surface area contributed by atoms with Gasteiger partial charge in [0.15, 0.2) is 11.5 Å². The van der Waals surface area contributed by atoms with Crippen molar-refractivity contribution in [3.05, 3.63) is 23.3 Å². The second kappa shape index (κ2) is 2.70. The van der Waals surface area contributed by atoms with E-state index in [-0.39, 0.29) is 5.75 Å². The number of aryl methyl sites for hydroxylation is 1. The van der Waals surface area contributed by atoms with E-state index in [0.717, 1.165) is 12.8 Å². The molecule has 1 N–H and O–H groups in total. The van der Waals surface area contributed by atoms with Gasteiger partial charge >= 0.3 is 0 Å². The molecule has 0 bridgehead atoms. The second-order valence-electron chi connectivity index (χ2n) is 3.11. The third-order valence-electron chi connectivity index (χ3n) is 2.41. The fourth-order valence-corrected chi connectivity index (χ4v) is 1.85. The molecule has 0 unspecified atom stereocenters. The van der Waals surface area contributed by atoms with Crippen molar-refractivity contribution in [3.63, 3.8) is 0 Å². The molecule has 2 rings (SSSR count). The Kier molecular flexibility index (Phi) is 1.68. The van der Waals surface area contributed by atoms with Crippen LogP contribution in [0.15, 0.2) is 12.1 Å². The molecule has 0 saturated carbocycles. The number of phenols is 1. The molecule has 1 aliphatic carbocycles. The van der Waals surface area contributed by atoms with E-state index in [9.17, 15) is 5.11 Å². The molecule has 0 amide bonds. The lowest BCUT2D eigenvalue weighted by Crippen LogP contribution is -1.91. The molecular formula is C10H12O2. The first kappa shape index (κ1) is 7.47. The monoisotopic (exact) mass is 164 g/mol. The Morgan fingerprint density at radius 3 is 2.92 bits per heavy atom. The van der Waals surface area contributed by atoms with E-state index in [4.69, 9.17) is 4.74 Å². The Labute approximate surface area is 71.8 Å². The van der Waals surface area contributed by atoms with Crippen LogP contribution in [0.25, 0.3) is 0 Å². The molecule has 0 spiro atoms. The van der Waals surface area contributed by atoms with Crippen LogP contribution in [0.2, 0.25) is 0 Å². The van der Waals surface area contributed by atoms with Crippen molar-refractivity contribution in [1.82, 2.24) is 0 Å². The standard InChI is InChI=1S/C10H12O2/c1-12-10-8-4-2-3-7(8)5-6-9(10)11/h5-6,11H,2-4H2,1H3. The van der Waals surface area contributed by atoms with Crippen molar-refractivity contribution in [2.45, 2.75) is 19.3 Å². The van der Waals surface area contributed by atoms with Gasteiger partial charge in [-0.15, -0.1) is 0 Å². The second-order valence-corrected chi connectivity index (χ2v) is 3.11. The molecule has 1 aromatic carbocycles. The molecule has 12 heavy (non-hydrogen) atoms. The molecule has 2 heteroatoms. The molecule has 0 heterocycles. The van der Waals surface area contributed by atoms with Crippen molar-refractivity contribution >= 4 is 0 Å². The van der Waals surface area contributed by atoms with Gasteiger partial charge in [0.05, 0.1) is 7.11 Å². The van der Waals surface area contributed by atoms with Crippen LogP contribution >= 0.6 is 0 Å². The Bertz CT molecular complexity index is 305. The van der Waals surface area contributed by atoms with Gasteiger partial charge in [0, 0.05) is 5.56 Å². The summed E-state index contributed by atoms with van der Waals surface area (Å²) in [4.78, 5) is 0. The summed E-state index contributed by atoms with van der Waals surface area (Å²) in [7, 11) is 1.60. The predicted octanol–water partition coefficient (Wildman–Crippen LogP) is 1.89. The summed E-state index contributed by atoms with van der Waals surface area (Å²) >= 11 is 0. The summed E-state index contributed by atoms with van der Waals surface area (Å²) < 4.78 is 5.14. The van der Waals surface area contributed by atoms with Gasteiger partial charge in [-0.1, -0.05) is 6.07 Å². The Hall–Kier alpha value is -1.18. The average Bonchev–Trinajstić information content (AvgIpc) is 2.52. The fraction of sp³-hybridized carbons (Fsp3) is 0.400. The van der Waals surface area contributed by atoms with Gasteiger partial charge in [0.2, 0.25) is 0 Å². The highest BCUT2D eigenvalue weighted by Gasteiger charge is 2.17. The normalized spacial score (nSPS) is 14.4. The largest absolute Gasteiger partial charge is 0.504 e. The first-order chi connectivity index (χ1) is 5.83. The van der Waals surface area contributed by atoms with Crippen molar-refractivity contribution in [1.29, 1.82) is 0 Å². The van der Waals surface area contributed by atoms with Crippen LogP contribution in [-0.4, -0.2) is 12.2 Å². The summed E-state index contributed by atoms with van der Waals surface area (Å²) in [6.45, 7) is 0. The quantitative estimate of drug-likeness (QED) is 0.686. The number of aromatic hydroxyl groups is 1. The van der Waals surface area contributed by atoms with Crippen LogP contribution in [0.1, 0.15) is 17.5 Å². The lowest BCUT2D eigenvalue weighted by atomic mass is 10.1. The van der Waals surface area contributed by atoms with E-state index >= 15 is 0 Å². The zero-order chi connectivity index (χ0) is 8.55. The van der Waals surface area contributed by atoms with Crippen LogP contribution in [0, 0.1) is 0 Å². The lowest BCUT2D eigenvalue weighted by molar-refractivity contribution is 0.370. The summed E-state index contributed by atoms with van der Waals surface area (Å²) in [5.74, 6) is 0.933. The molecule has 0 aromatic heterocycles. The van der Waals surface area contributed by atoms with Gasteiger partial charge < -0.3 is 9.84 Å². The highest BCUT2D eigenvalue weighted by atomic mass is 16.5. The van der Waals surface area contributed by atoms with E-state index in [1.54, 1.807) is 13.2 Å². The molecule has 64 valence electrons. The lowest BCUT2D eigenvalue weighted by Gasteiger charge is -2.08. The number of hydrogen-bond acceptors (Lipinski definition) is 2. The highest BCUT2D eigenvalue weighted by molar-refractivity contribution is 5.51. The van der Waals surface area contributed by atoms with Gasteiger partial charge in [-0.3, -0.25) is 0 Å². The minimum Gasteiger partial charge on any atom is -0.504 e. The summed E-state index contributed by atoms with van der Waals surface area (Å²) in [5, 5.41) is 9.45. The molecule has 2 nitrogen and oxygen atoms in total. The van der Waals surface area contributed by atoms with Gasteiger partial charge in [0.1, 0.15) is 0 Å². The molecule has 0 saturated heterocycles. The number of phenolic OH excluding ortho intramolecular Hbond substituents is 1. The molecule has 0 aliphatic heterocycles. The smallest absolute Gasteiger partial charge is 0.163 e. The van der Waals surface area contributed by atoms with Gasteiger partial charge in [-0.25, -0.2) is 0 Å². The minimum absolute atomic E-state index is 0.262. The third kappa shape index (κ3) is 0.951. The number of rotatable bonds is 1. The van der Waals surface area contributed by atoms with Crippen molar-refractivity contribution in [2.24, 2.45) is 0 Å². The van der Waals surface area contributed by atoms with Crippen LogP contribution in [0.4, 0.5) is 0 Å². The number of ether oxygens (including phenoxy) is 1. The Morgan fingerprint density at radius 1 is 1.33 bits per heavy atom. The minimum atomic E-state index is 0.262. The molecular weight excluding hydrogens is 152 g/mol. The first-order valence-electron chi connectivity index (χ1n) is 4.20. The summed E-state index contributed by atoms with van der Waals surface area (Å²) in [6, 6.07) is 3.70. The molecule has 0 radical (unpaired) electrons. The Balaban J connectivity index is 2.57. The molecule has 1 aliphatic rings. The zero-order valence-electron chi connectivity index (χ0n) is 7.13. The first-order valence-corrected chi connectivity index (χ1v) is 4.20. The van der Waals surface area contributed by atoms with Crippen LogP contribution in [-0.2, 0) is 12.8 Å². The molecule has 1 aromatic rings. The molecule has 0 fully saturated rings. The van der Waals surface area contributed by atoms with E-state index in [0.29, 0.717) is 5.75 Å². The van der Waals surface area contributed by atoms with Crippen LogP contribution in [0.3, 0.4) is 0 Å². The SMILES string of the molecule is COc1c(O)ccc2c1CCC2. The topological polar surface area (TPSA) is 29.5 Å². The zero-order valence-corrected chi connectivity index (χ0v) is 7.13. The van der Waals surface area contributed by atoms with E-state index in [1.165, 1.54) is 17.5 Å². The number of hydrogen-bond donors (Lipinski definition) is 1. The average molecular weight is 164 g/mol. The maximum Gasteiger partial charge on any atom is 0.163 e. The maximum absolute atomic E-state index is 9.45. The highest BCUT2D eigenvalue weighted by Crippen LogP contribution is 2.37. The van der Waals surface area contributed by atoms with Crippen LogP contribution < -0.4 is 4.74 Å². The van der Waals surface area contributed by atoms with Gasteiger partial charge in [-0.05, 0) is 30.9 Å². The van der Waals surface area contributed by atoms with Gasteiger partial charge in [0.25, 0.3) is 0 Å². The number of benzene rings is 1. The van der Waals surface area contributed by atoms with E-state index in [1.807, 2.05) is 6.07 Å². The van der Waals surface area contributed by atoms with Crippen molar-refractivity contribution in [3.8, 4) is 11.5 Å². The maximum atomic E-state index is 9.45. The summed E-state index contributed by atoms with van der Waals surface area (Å²) in [5.41, 5.74) is 2.52. The Morgan fingerprint density at radius 2 is 2.17 bits per heavy atom.